The van der Waals surface area contributed by atoms with E-state index in [2.05, 4.69) is 5.32 Å². The van der Waals surface area contributed by atoms with Crippen molar-refractivity contribution in [3.63, 3.8) is 0 Å². The molecule has 98 heavy (non-hydrogen) atoms. The number of ether oxygens (including phenoxy) is 16. The molecule has 0 radical (unpaired) electrons. The minimum Gasteiger partial charge on any atom is -0.465 e. The Kier molecular flexibility index (Phi) is 27.9. The fourth-order valence-corrected chi connectivity index (χ4v) is 11.8. The second-order valence-corrected chi connectivity index (χ2v) is 23.8. The quantitative estimate of drug-likeness (QED) is 0.0298. The van der Waals surface area contributed by atoms with Crippen molar-refractivity contribution in [2.45, 2.75) is 178 Å². The number of aliphatic hydroxyl groups excluding tert-OH is 1. The van der Waals surface area contributed by atoms with Gasteiger partial charge in [0.25, 0.3) is 5.79 Å². The Balaban J connectivity index is 1.21. The molecule has 24 heteroatoms. The topological polar surface area (TPSA) is 282 Å². The van der Waals surface area contributed by atoms with Crippen molar-refractivity contribution in [3.8, 4) is 0 Å². The van der Waals surface area contributed by atoms with Crippen molar-refractivity contribution in [2.75, 3.05) is 26.9 Å². The fraction of sp³-hybridized carbons (Fsp3) is 0.432. The van der Waals surface area contributed by atoms with E-state index in [1.807, 2.05) is 158 Å². The van der Waals surface area contributed by atoms with Gasteiger partial charge in [0.05, 0.1) is 72.4 Å². The van der Waals surface area contributed by atoms with Crippen LogP contribution in [-0.4, -0.2) is 165 Å². The van der Waals surface area contributed by atoms with E-state index in [-0.39, 0.29) is 52.9 Å². The van der Waals surface area contributed by atoms with Crippen LogP contribution in [0.25, 0.3) is 0 Å². The summed E-state index contributed by atoms with van der Waals surface area (Å²) in [5.41, 5.74) is 4.68. The molecule has 6 aromatic rings. The number of rotatable bonds is 33. The Labute approximate surface area is 569 Å². The number of carbonyl (C=O) groups is 6. The average Bonchev–Trinajstić information content (AvgIpc) is 0.730. The Bertz CT molecular complexity index is 3430. The third-order valence-corrected chi connectivity index (χ3v) is 16.2. The van der Waals surface area contributed by atoms with Crippen LogP contribution in [-0.2, 0) is 144 Å². The molecule has 0 aromatic heterocycles. The van der Waals surface area contributed by atoms with Crippen LogP contribution in [0.2, 0.25) is 0 Å². The number of aliphatic hydroxyl groups is 1. The van der Waals surface area contributed by atoms with Gasteiger partial charge in [-0.3, -0.25) is 24.0 Å². The summed E-state index contributed by atoms with van der Waals surface area (Å²) in [7, 11) is 1.01. The van der Waals surface area contributed by atoms with Crippen LogP contribution in [0.15, 0.2) is 182 Å². The highest BCUT2D eigenvalue weighted by Gasteiger charge is 2.63. The van der Waals surface area contributed by atoms with Gasteiger partial charge in [0.2, 0.25) is 5.91 Å². The molecule has 3 saturated heterocycles. The molecule has 3 heterocycles. The average molecular weight is 1360 g/mol. The third kappa shape index (κ3) is 21.3. The molecule has 3 fully saturated rings. The van der Waals surface area contributed by atoms with Crippen molar-refractivity contribution in [1.29, 1.82) is 0 Å². The Morgan fingerprint density at radius 3 is 1.37 bits per heavy atom. The lowest BCUT2D eigenvalue weighted by Crippen LogP contribution is -2.72. The monoisotopic (exact) mass is 1360 g/mol. The third-order valence-electron chi connectivity index (χ3n) is 16.2. The summed E-state index contributed by atoms with van der Waals surface area (Å²) in [6, 6.07) is 54.7. The minimum absolute atomic E-state index is 0.0100. The van der Waals surface area contributed by atoms with Crippen molar-refractivity contribution < 1.29 is 110 Å². The molecular weight excluding hydrogens is 1270 g/mol. The van der Waals surface area contributed by atoms with E-state index in [4.69, 9.17) is 75.8 Å². The zero-order valence-electron chi connectivity index (χ0n) is 55.5. The fourth-order valence-electron chi connectivity index (χ4n) is 11.8. The smallest absolute Gasteiger partial charge is 0.366 e. The van der Waals surface area contributed by atoms with Crippen molar-refractivity contribution in [3.05, 3.63) is 215 Å². The maximum absolute atomic E-state index is 15.3. The van der Waals surface area contributed by atoms with Gasteiger partial charge in [-0.05, 0) is 33.4 Å². The van der Waals surface area contributed by atoms with Crippen LogP contribution in [0.3, 0.4) is 0 Å². The largest absolute Gasteiger partial charge is 0.465 e. The first kappa shape index (κ1) is 73.9. The molecule has 0 bridgehead atoms. The summed E-state index contributed by atoms with van der Waals surface area (Å²) in [4.78, 5) is 80.7. The molecule has 1 amide bonds. The van der Waals surface area contributed by atoms with E-state index in [1.165, 1.54) is 0 Å². The molecule has 0 saturated carbocycles. The predicted octanol–water partition coefficient (Wildman–Crippen LogP) is 7.50. The molecule has 2 N–H and O–H groups in total. The Morgan fingerprint density at radius 1 is 0.500 bits per heavy atom. The number of hydrogen-bond acceptors (Lipinski definition) is 23. The molecule has 9 rings (SSSR count). The van der Waals surface area contributed by atoms with Gasteiger partial charge in [0.1, 0.15) is 67.6 Å². The summed E-state index contributed by atoms with van der Waals surface area (Å²) < 4.78 is 105. The maximum Gasteiger partial charge on any atom is 0.366 e. The summed E-state index contributed by atoms with van der Waals surface area (Å²) in [6.07, 6.45) is -22.5. The molecule has 6 aromatic carbocycles. The molecule has 0 unspecified atom stereocenters. The molecule has 0 spiro atoms. The molecule has 3 aliphatic rings. The first-order valence-electron chi connectivity index (χ1n) is 32.3. The highest BCUT2D eigenvalue weighted by Crippen LogP contribution is 2.42. The van der Waals surface area contributed by atoms with E-state index in [9.17, 15) is 29.1 Å². The summed E-state index contributed by atoms with van der Waals surface area (Å²) in [5.74, 6) is -8.66. The number of nitrogens with one attached hydrogen (secondary N) is 1. The minimum atomic E-state index is -2.91. The standard InChI is InChI=1S/C74H85NO23/c1-47(76)75-62-58(91-49(3)78)37-74(73(82)83-6,97-66(62)64(93-51(5)80)61(92-50(4)79)46-86-48(2)77)98-67-63(81)59(44-84-38-52-25-13-7-14-26-52)94-72(69(67)88-41-55-31-19-10-20-32-55)96-65-60(45-85-39-53-27-15-8-16-28-53)95-71(90-43-57-35-23-12-24-36-57)70(89-42-56-33-21-11-22-34-56)68(65)87-40-54-29-17-9-18-30-54/h7-36,58-72,81H,37-46H2,1-6H3,(H,75,76)/t58-,59+,60+,61+,62+,63-,64+,65+,66+,67-,68-,69+,70+,71-,72-,74-/m0/s1. The highest BCUT2D eigenvalue weighted by molar-refractivity contribution is 5.79. The summed E-state index contributed by atoms with van der Waals surface area (Å²) >= 11 is 0. The summed E-state index contributed by atoms with van der Waals surface area (Å²) in [6.45, 7) is 4.13. The van der Waals surface area contributed by atoms with Gasteiger partial charge in [-0.25, -0.2) is 4.79 Å². The van der Waals surface area contributed by atoms with E-state index in [0.29, 0.717) is 5.56 Å². The van der Waals surface area contributed by atoms with Crippen LogP contribution in [0, 0.1) is 0 Å². The molecule has 0 aliphatic carbocycles. The molecule has 524 valence electrons. The maximum atomic E-state index is 15.3. The highest BCUT2D eigenvalue weighted by atomic mass is 16.8. The zero-order valence-corrected chi connectivity index (χ0v) is 55.5. The van der Waals surface area contributed by atoms with Crippen LogP contribution in [0.4, 0.5) is 0 Å². The lowest BCUT2D eigenvalue weighted by Gasteiger charge is -2.52. The van der Waals surface area contributed by atoms with Gasteiger partial charge in [-0.2, -0.15) is 0 Å². The van der Waals surface area contributed by atoms with Crippen molar-refractivity contribution in [2.24, 2.45) is 0 Å². The van der Waals surface area contributed by atoms with Gasteiger partial charge >= 0.3 is 29.8 Å². The van der Waals surface area contributed by atoms with Gasteiger partial charge in [-0.15, -0.1) is 0 Å². The normalized spacial score (nSPS) is 25.9. The molecule has 24 nitrogen and oxygen atoms in total. The molecule has 3 aliphatic heterocycles. The van der Waals surface area contributed by atoms with Gasteiger partial charge < -0.3 is 86.2 Å². The molecular formula is C74H85NO23. The number of benzene rings is 6. The second-order valence-electron chi connectivity index (χ2n) is 23.8. The van der Waals surface area contributed by atoms with E-state index < -0.39 is 146 Å². The molecule has 16 atom stereocenters. The van der Waals surface area contributed by atoms with Crippen molar-refractivity contribution >= 4 is 35.8 Å². The van der Waals surface area contributed by atoms with E-state index in [1.54, 1.807) is 24.3 Å². The predicted molar refractivity (Wildman–Crippen MR) is 347 cm³/mol. The number of carbonyl (C=O) groups excluding carboxylic acids is 6. The van der Waals surface area contributed by atoms with E-state index in [0.717, 1.165) is 69.5 Å². The van der Waals surface area contributed by atoms with Crippen molar-refractivity contribution in [1.82, 2.24) is 5.32 Å². The van der Waals surface area contributed by atoms with Crippen LogP contribution in [0.1, 0.15) is 74.4 Å². The number of hydrogen-bond donors (Lipinski definition) is 2. The van der Waals surface area contributed by atoms with Gasteiger partial charge in [0, 0.05) is 34.6 Å². The Morgan fingerprint density at radius 2 is 0.929 bits per heavy atom. The Hall–Kier alpha value is -8.34. The second kappa shape index (κ2) is 37.0. The lowest BCUT2D eigenvalue weighted by atomic mass is 9.87. The van der Waals surface area contributed by atoms with Crippen LogP contribution >= 0.6 is 0 Å². The first-order chi connectivity index (χ1) is 47.4. The lowest BCUT2D eigenvalue weighted by molar-refractivity contribution is -0.395. The number of amides is 1. The summed E-state index contributed by atoms with van der Waals surface area (Å²) in [5, 5.41) is 15.9. The zero-order chi connectivity index (χ0) is 69.4. The van der Waals surface area contributed by atoms with Gasteiger partial charge in [0.15, 0.2) is 24.8 Å². The van der Waals surface area contributed by atoms with Crippen LogP contribution in [0.5, 0.6) is 0 Å². The number of methoxy groups -OCH3 is 1. The van der Waals surface area contributed by atoms with Crippen LogP contribution < -0.4 is 5.32 Å². The van der Waals surface area contributed by atoms with Gasteiger partial charge in [-0.1, -0.05) is 182 Å². The SMILES string of the molecule is COC(=O)[C@@]1(O[C@H]2[C@@H](O)[C@@H](COCc3ccccc3)O[C@@H](O[C@H]3[C@H](OCc4ccccc4)[C@@H](OCc4ccccc4)[C@@H](OCc4ccccc4)O[C@@H]3COCc3ccccc3)[C@@H]2OCc2ccccc2)C[C@H](OC(C)=O)[C@@H](NC(C)=O)[C@H]([C@H](OC(C)=O)[C@@H](COC(C)=O)OC(C)=O)O1. The first-order valence-corrected chi connectivity index (χ1v) is 32.3. The van der Waals surface area contributed by atoms with E-state index >= 15 is 4.79 Å². The number of esters is 5.